The van der Waals surface area contributed by atoms with Gasteiger partial charge in [-0.25, -0.2) is 0 Å². The minimum absolute atomic E-state index is 0.266. The van der Waals surface area contributed by atoms with Crippen LogP contribution in [-0.2, 0) is 0 Å². The first-order valence-corrected chi connectivity index (χ1v) is 9.13. The summed E-state index contributed by atoms with van der Waals surface area (Å²) in [5.41, 5.74) is 5.76. The quantitative estimate of drug-likeness (QED) is 0.723. The fourth-order valence-corrected chi connectivity index (χ4v) is 3.19. The highest BCUT2D eigenvalue weighted by molar-refractivity contribution is 6.17. The molecule has 26 heavy (non-hydrogen) atoms. The minimum Gasteiger partial charge on any atom is -0.481 e. The number of rotatable bonds is 5. The highest BCUT2D eigenvalue weighted by Gasteiger charge is 2.23. The molecule has 0 fully saturated rings. The monoisotopic (exact) mass is 346 g/mol. The molecule has 0 atom stereocenters. The van der Waals surface area contributed by atoms with Crippen LogP contribution in [0.1, 0.15) is 50.3 Å². The molecule has 0 radical (unpaired) electrons. The second kappa shape index (κ2) is 7.66. The van der Waals surface area contributed by atoms with Crippen LogP contribution < -0.4 is 9.64 Å². The Balaban J connectivity index is 2.03. The van der Waals surface area contributed by atoms with Gasteiger partial charge in [-0.3, -0.25) is 4.99 Å². The van der Waals surface area contributed by atoms with Crippen LogP contribution in [0.4, 0.5) is 5.69 Å². The molecular weight excluding hydrogens is 320 g/mol. The van der Waals surface area contributed by atoms with Gasteiger partial charge in [0.15, 0.2) is 0 Å². The number of hydrogen-bond donors (Lipinski definition) is 0. The average molecular weight is 346 g/mol. The van der Waals surface area contributed by atoms with Crippen LogP contribution in [-0.4, -0.2) is 25.0 Å². The average Bonchev–Trinajstić information content (AvgIpc) is 2.65. The molecule has 0 amide bonds. The third kappa shape index (κ3) is 3.60. The summed E-state index contributed by atoms with van der Waals surface area (Å²) in [6.07, 6.45) is 5.33. The van der Waals surface area contributed by atoms with Crippen molar-refractivity contribution in [3.63, 3.8) is 0 Å². The third-order valence-electron chi connectivity index (χ3n) is 4.71. The molecule has 3 nitrogen and oxygen atoms in total. The Morgan fingerprint density at radius 3 is 2.46 bits per heavy atom. The maximum absolute atomic E-state index is 5.64. The van der Waals surface area contributed by atoms with Crippen LogP contribution in [0.3, 0.4) is 0 Å². The lowest BCUT2D eigenvalue weighted by molar-refractivity contribution is 0.370. The number of benzene rings is 2. The Labute approximate surface area is 156 Å². The Morgan fingerprint density at radius 2 is 1.85 bits per heavy atom. The fourth-order valence-electron chi connectivity index (χ4n) is 3.19. The highest BCUT2D eigenvalue weighted by Crippen LogP contribution is 2.32. The predicted molar refractivity (Wildman–Crippen MR) is 109 cm³/mol. The molecule has 3 heteroatoms. The van der Waals surface area contributed by atoms with Gasteiger partial charge in [-0.15, -0.1) is 6.42 Å². The SMILES string of the molecule is C#CCOc1ccc2c(c1)C(c1ccc(C(C)C)cc1)=NCN2C(C)C. The Kier molecular flexibility index (Phi) is 5.32. The number of aliphatic imine (C=N–C) groups is 1. The van der Waals surface area contributed by atoms with Gasteiger partial charge in [-0.2, -0.15) is 0 Å². The standard InChI is InChI=1S/C23H26N2O/c1-6-13-26-20-11-12-22-21(14-20)23(24-15-25(22)17(4)5)19-9-7-18(8-10-19)16(2)3/h1,7-12,14,16-17H,13,15H2,2-5H3. The van der Waals surface area contributed by atoms with Crippen LogP contribution in [0.2, 0.25) is 0 Å². The van der Waals surface area contributed by atoms with E-state index in [-0.39, 0.29) is 6.61 Å². The number of ether oxygens (including phenoxy) is 1. The van der Waals surface area contributed by atoms with Crippen molar-refractivity contribution >= 4 is 11.4 Å². The van der Waals surface area contributed by atoms with E-state index in [1.54, 1.807) is 0 Å². The second-order valence-corrected chi connectivity index (χ2v) is 7.16. The predicted octanol–water partition coefficient (Wildman–Crippen LogP) is 4.85. The topological polar surface area (TPSA) is 24.8 Å². The van der Waals surface area contributed by atoms with Gasteiger partial charge in [0, 0.05) is 22.9 Å². The van der Waals surface area contributed by atoms with Crippen molar-refractivity contribution in [2.24, 2.45) is 4.99 Å². The van der Waals surface area contributed by atoms with Gasteiger partial charge in [0.05, 0.1) is 5.71 Å². The van der Waals surface area contributed by atoms with E-state index in [9.17, 15) is 0 Å². The summed E-state index contributed by atoms with van der Waals surface area (Å²) in [5.74, 6) is 3.82. The lowest BCUT2D eigenvalue weighted by Crippen LogP contribution is -2.35. The molecule has 0 saturated carbocycles. The van der Waals surface area contributed by atoms with Crippen LogP contribution in [0.15, 0.2) is 47.5 Å². The molecule has 0 unspecified atom stereocenters. The molecule has 134 valence electrons. The Hall–Kier alpha value is -2.73. The van der Waals surface area contributed by atoms with Crippen LogP contribution in [0.5, 0.6) is 5.75 Å². The Bertz CT molecular complexity index is 842. The van der Waals surface area contributed by atoms with Gasteiger partial charge in [0.25, 0.3) is 0 Å². The van der Waals surface area contributed by atoms with Crippen molar-refractivity contribution < 1.29 is 4.74 Å². The van der Waals surface area contributed by atoms with Crippen LogP contribution in [0, 0.1) is 12.3 Å². The van der Waals surface area contributed by atoms with E-state index < -0.39 is 0 Å². The lowest BCUT2D eigenvalue weighted by Gasteiger charge is -2.33. The van der Waals surface area contributed by atoms with Gasteiger partial charge >= 0.3 is 0 Å². The summed E-state index contributed by atoms with van der Waals surface area (Å²) in [6, 6.07) is 15.2. The van der Waals surface area contributed by atoms with Crippen LogP contribution >= 0.6 is 0 Å². The van der Waals surface area contributed by atoms with E-state index in [0.29, 0.717) is 18.6 Å². The number of fused-ring (bicyclic) bond motifs is 1. The zero-order valence-corrected chi connectivity index (χ0v) is 16.0. The number of terminal acetylenes is 1. The molecule has 0 saturated heterocycles. The molecule has 0 N–H and O–H groups in total. The largest absolute Gasteiger partial charge is 0.481 e. The van der Waals surface area contributed by atoms with Crippen molar-refractivity contribution in [1.29, 1.82) is 0 Å². The zero-order chi connectivity index (χ0) is 18.7. The molecule has 1 aliphatic rings. The first-order chi connectivity index (χ1) is 12.5. The summed E-state index contributed by atoms with van der Waals surface area (Å²) in [6.45, 7) is 9.71. The van der Waals surface area contributed by atoms with Gasteiger partial charge in [-0.05, 0) is 43.5 Å². The zero-order valence-electron chi connectivity index (χ0n) is 16.0. The second-order valence-electron chi connectivity index (χ2n) is 7.16. The molecule has 2 aromatic rings. The smallest absolute Gasteiger partial charge is 0.148 e. The van der Waals surface area contributed by atoms with Crippen molar-refractivity contribution in [3.05, 3.63) is 59.2 Å². The van der Waals surface area contributed by atoms with Crippen LogP contribution in [0.25, 0.3) is 0 Å². The van der Waals surface area contributed by atoms with Gasteiger partial charge in [0.2, 0.25) is 0 Å². The van der Waals surface area contributed by atoms with E-state index in [1.165, 1.54) is 11.3 Å². The molecule has 1 heterocycles. The van der Waals surface area contributed by atoms with Gasteiger partial charge in [0.1, 0.15) is 19.0 Å². The lowest BCUT2D eigenvalue weighted by atomic mass is 9.95. The van der Waals surface area contributed by atoms with Gasteiger partial charge < -0.3 is 9.64 Å². The normalized spacial score (nSPS) is 13.4. The third-order valence-corrected chi connectivity index (χ3v) is 4.71. The maximum Gasteiger partial charge on any atom is 0.148 e. The Morgan fingerprint density at radius 1 is 1.12 bits per heavy atom. The number of anilines is 1. The van der Waals surface area contributed by atoms with E-state index in [0.717, 1.165) is 22.6 Å². The summed E-state index contributed by atoms with van der Waals surface area (Å²) in [5, 5.41) is 0. The van der Waals surface area contributed by atoms with Crippen molar-refractivity contribution in [1.82, 2.24) is 0 Å². The summed E-state index contributed by atoms with van der Waals surface area (Å²) in [4.78, 5) is 7.18. The van der Waals surface area contributed by atoms with E-state index in [1.807, 2.05) is 6.07 Å². The fraction of sp³-hybridized carbons (Fsp3) is 0.348. The molecular formula is C23H26N2O. The van der Waals surface area contributed by atoms with Crippen molar-refractivity contribution in [2.45, 2.75) is 39.7 Å². The summed E-state index contributed by atoms with van der Waals surface area (Å²) in [7, 11) is 0. The van der Waals surface area contributed by atoms with E-state index in [2.05, 4.69) is 74.9 Å². The minimum atomic E-state index is 0.266. The molecule has 0 spiro atoms. The number of hydrogen-bond acceptors (Lipinski definition) is 3. The molecule has 0 aliphatic carbocycles. The molecule has 0 aromatic heterocycles. The van der Waals surface area contributed by atoms with Crippen molar-refractivity contribution in [2.75, 3.05) is 18.2 Å². The summed E-state index contributed by atoms with van der Waals surface area (Å²) >= 11 is 0. The molecule has 1 aliphatic heterocycles. The molecule has 0 bridgehead atoms. The summed E-state index contributed by atoms with van der Waals surface area (Å²) < 4.78 is 5.64. The molecule has 3 rings (SSSR count). The van der Waals surface area contributed by atoms with E-state index in [4.69, 9.17) is 16.2 Å². The van der Waals surface area contributed by atoms with Crippen molar-refractivity contribution in [3.8, 4) is 18.1 Å². The van der Waals surface area contributed by atoms with Gasteiger partial charge in [-0.1, -0.05) is 44.0 Å². The van der Waals surface area contributed by atoms with E-state index >= 15 is 0 Å². The maximum atomic E-state index is 5.64. The highest BCUT2D eigenvalue weighted by atomic mass is 16.5. The first kappa shape index (κ1) is 18.1. The first-order valence-electron chi connectivity index (χ1n) is 9.13. The number of nitrogens with zero attached hydrogens (tertiary/aromatic N) is 2. The molecule has 2 aromatic carbocycles.